The third kappa shape index (κ3) is 5.73. The lowest BCUT2D eigenvalue weighted by Gasteiger charge is -2.42. The maximum atomic E-state index is 16.5. The molecule has 0 saturated carbocycles. The largest absolute Gasteiger partial charge is 0.489 e. The normalized spacial score (nSPS) is 18.1. The average molecular weight is 626 g/mol. The molecule has 3 aromatic carbocycles. The van der Waals surface area contributed by atoms with Crippen LogP contribution in [-0.2, 0) is 11.3 Å². The Bertz CT molecular complexity index is 1900. The van der Waals surface area contributed by atoms with Crippen molar-refractivity contribution in [3.8, 4) is 17.0 Å². The Morgan fingerprint density at radius 2 is 1.69 bits per heavy atom. The van der Waals surface area contributed by atoms with Gasteiger partial charge in [-0.15, -0.1) is 0 Å². The van der Waals surface area contributed by atoms with Crippen LogP contribution in [0.1, 0.15) is 39.2 Å². The lowest BCUT2D eigenvalue weighted by Crippen LogP contribution is -2.57. The van der Waals surface area contributed by atoms with Crippen LogP contribution < -0.4 is 9.64 Å². The zero-order valence-electron chi connectivity index (χ0n) is 25.3. The van der Waals surface area contributed by atoms with Gasteiger partial charge in [-0.3, -0.25) is 9.88 Å². The number of aromatic nitrogens is 3. The molecule has 0 N–H and O–H groups in total. The number of ether oxygens (including phenoxy) is 2. The van der Waals surface area contributed by atoms with Crippen molar-refractivity contribution in [2.75, 3.05) is 18.0 Å². The molecule has 2 fully saturated rings. The number of carbonyl (C=O) groups excluding carboxylic acids is 1. The zero-order valence-corrected chi connectivity index (χ0v) is 26.1. The van der Waals surface area contributed by atoms with Crippen molar-refractivity contribution in [2.24, 2.45) is 0 Å². The van der Waals surface area contributed by atoms with Crippen LogP contribution in [0.25, 0.3) is 32.9 Å². The molecule has 0 spiro atoms. The summed E-state index contributed by atoms with van der Waals surface area (Å²) in [6.45, 7) is 7.02. The monoisotopic (exact) mass is 625 g/mol. The summed E-state index contributed by atoms with van der Waals surface area (Å²) in [5.41, 5.74) is 1.29. The van der Waals surface area contributed by atoms with E-state index in [0.29, 0.717) is 42.2 Å². The van der Waals surface area contributed by atoms with E-state index in [1.807, 2.05) is 92.4 Å². The second-order valence-corrected chi connectivity index (χ2v) is 13.0. The minimum atomic E-state index is -0.584. The van der Waals surface area contributed by atoms with Gasteiger partial charge in [-0.25, -0.2) is 14.2 Å². The van der Waals surface area contributed by atoms with Crippen LogP contribution in [0.5, 0.6) is 5.75 Å². The maximum Gasteiger partial charge on any atom is 0.410 e. The number of hydrogen-bond acceptors (Lipinski definition) is 7. The summed E-state index contributed by atoms with van der Waals surface area (Å²) in [6.07, 6.45) is 3.01. The molecule has 2 atom stereocenters. The van der Waals surface area contributed by atoms with Gasteiger partial charge < -0.3 is 14.4 Å². The van der Waals surface area contributed by atoms with Crippen LogP contribution in [0, 0.1) is 5.82 Å². The Kier molecular flexibility index (Phi) is 7.44. The Balaban J connectivity index is 1.24. The summed E-state index contributed by atoms with van der Waals surface area (Å²) in [5, 5.41) is 2.15. The fraction of sp³-hybridized carbons (Fsp3) is 0.314. The molecular weight excluding hydrogens is 593 g/mol. The zero-order chi connectivity index (χ0) is 31.3. The van der Waals surface area contributed by atoms with Crippen LogP contribution >= 0.6 is 11.6 Å². The van der Waals surface area contributed by atoms with Crippen molar-refractivity contribution < 1.29 is 18.7 Å². The van der Waals surface area contributed by atoms with Gasteiger partial charge in [0.2, 0.25) is 5.28 Å². The molecule has 2 unspecified atom stereocenters. The predicted molar refractivity (Wildman–Crippen MR) is 173 cm³/mol. The number of rotatable bonds is 5. The lowest BCUT2D eigenvalue weighted by molar-refractivity contribution is 0.0123. The summed E-state index contributed by atoms with van der Waals surface area (Å²) >= 11 is 6.43. The van der Waals surface area contributed by atoms with Crippen LogP contribution in [-0.4, -0.2) is 56.7 Å². The Morgan fingerprint density at radius 3 is 2.42 bits per heavy atom. The smallest absolute Gasteiger partial charge is 0.410 e. The van der Waals surface area contributed by atoms with E-state index in [1.165, 1.54) is 0 Å². The highest BCUT2D eigenvalue weighted by Crippen LogP contribution is 2.39. The SMILES string of the molecule is CC(C)(C)OC(=O)N1C2CCC1CN(c1nc(Cl)nc3c(F)c(-c4cc(OCc5ccccc5)cc5ccccc45)ncc13)C2. The molecule has 0 radical (unpaired) electrons. The number of nitrogens with zero attached hydrogens (tertiary/aromatic N) is 5. The molecule has 10 heteroatoms. The first-order valence-corrected chi connectivity index (χ1v) is 15.5. The summed E-state index contributed by atoms with van der Waals surface area (Å²) in [5.74, 6) is 0.529. The fourth-order valence-corrected chi connectivity index (χ4v) is 6.60. The Hall–Kier alpha value is -4.50. The summed E-state index contributed by atoms with van der Waals surface area (Å²) in [7, 11) is 0. The highest BCUT2D eigenvalue weighted by atomic mass is 35.5. The molecule has 2 bridgehead atoms. The van der Waals surface area contributed by atoms with E-state index in [4.69, 9.17) is 21.1 Å². The number of benzene rings is 3. The summed E-state index contributed by atoms with van der Waals surface area (Å²) in [6, 6.07) is 21.3. The highest BCUT2D eigenvalue weighted by Gasteiger charge is 2.45. The first-order valence-electron chi connectivity index (χ1n) is 15.1. The number of halogens is 2. The first-order chi connectivity index (χ1) is 21.6. The van der Waals surface area contributed by atoms with E-state index >= 15 is 4.39 Å². The molecule has 45 heavy (non-hydrogen) atoms. The van der Waals surface area contributed by atoms with Gasteiger partial charge in [0.25, 0.3) is 0 Å². The van der Waals surface area contributed by atoms with Gasteiger partial charge in [-0.05, 0) is 73.7 Å². The second kappa shape index (κ2) is 11.5. The Labute approximate surface area is 265 Å². The number of pyridine rings is 1. The van der Waals surface area contributed by atoms with Crippen molar-refractivity contribution in [3.63, 3.8) is 0 Å². The van der Waals surface area contributed by atoms with Crippen molar-refractivity contribution in [3.05, 3.63) is 89.6 Å². The first kappa shape index (κ1) is 29.2. The maximum absolute atomic E-state index is 16.5. The topological polar surface area (TPSA) is 80.7 Å². The van der Waals surface area contributed by atoms with E-state index in [2.05, 4.69) is 19.9 Å². The third-order valence-corrected chi connectivity index (χ3v) is 8.53. The fourth-order valence-electron chi connectivity index (χ4n) is 6.44. The minimum Gasteiger partial charge on any atom is -0.489 e. The van der Waals surface area contributed by atoms with Gasteiger partial charge >= 0.3 is 6.09 Å². The van der Waals surface area contributed by atoms with E-state index in [1.54, 1.807) is 6.20 Å². The van der Waals surface area contributed by atoms with Gasteiger partial charge in [0, 0.05) is 24.8 Å². The number of piperazine rings is 1. The number of fused-ring (bicyclic) bond motifs is 4. The molecule has 4 heterocycles. The highest BCUT2D eigenvalue weighted by molar-refractivity contribution is 6.28. The molecule has 230 valence electrons. The van der Waals surface area contributed by atoms with Crippen LogP contribution in [0.2, 0.25) is 5.28 Å². The molecule has 2 aromatic heterocycles. The second-order valence-electron chi connectivity index (χ2n) is 12.6. The molecule has 2 aliphatic heterocycles. The van der Waals surface area contributed by atoms with Crippen molar-refractivity contribution in [1.82, 2.24) is 19.9 Å². The van der Waals surface area contributed by atoms with E-state index in [9.17, 15) is 4.79 Å². The standard InChI is InChI=1S/C35H33ClFN5O3/c1-35(2,3)45-34(43)42-23-13-14-24(42)19-41(18-23)32-28-17-38-30(29(37)31(28)39-33(36)40-32)27-16-25(15-22-11-7-8-12-26(22)27)44-20-21-9-5-4-6-10-21/h4-12,15-17,23-24H,13-14,18-20H2,1-3H3. The molecule has 0 aliphatic carbocycles. The van der Waals surface area contributed by atoms with Gasteiger partial charge in [0.1, 0.15) is 35.0 Å². The predicted octanol–water partition coefficient (Wildman–Crippen LogP) is 7.80. The quantitative estimate of drug-likeness (QED) is 0.184. The molecule has 8 nitrogen and oxygen atoms in total. The lowest BCUT2D eigenvalue weighted by atomic mass is 10.00. The Morgan fingerprint density at radius 1 is 0.978 bits per heavy atom. The van der Waals surface area contributed by atoms with E-state index in [-0.39, 0.29) is 34.7 Å². The van der Waals surface area contributed by atoms with Gasteiger partial charge in [-0.1, -0.05) is 54.6 Å². The van der Waals surface area contributed by atoms with E-state index < -0.39 is 11.4 Å². The van der Waals surface area contributed by atoms with Crippen LogP contribution in [0.15, 0.2) is 72.9 Å². The number of amides is 1. The molecule has 7 rings (SSSR count). The minimum absolute atomic E-state index is 0.0514. The van der Waals surface area contributed by atoms with Gasteiger partial charge in [0.05, 0.1) is 17.5 Å². The van der Waals surface area contributed by atoms with Crippen molar-refractivity contribution >= 4 is 45.2 Å². The molecular formula is C35H33ClFN5O3. The number of hydrogen-bond donors (Lipinski definition) is 0. The molecule has 5 aromatic rings. The molecule has 2 aliphatic rings. The van der Waals surface area contributed by atoms with Crippen LogP contribution in [0.3, 0.4) is 0 Å². The average Bonchev–Trinajstić information content (AvgIpc) is 3.29. The van der Waals surface area contributed by atoms with E-state index in [0.717, 1.165) is 29.2 Å². The van der Waals surface area contributed by atoms with Gasteiger partial charge in [0.15, 0.2) is 5.82 Å². The summed E-state index contributed by atoms with van der Waals surface area (Å²) < 4.78 is 28.4. The van der Waals surface area contributed by atoms with Crippen LogP contribution in [0.4, 0.5) is 15.0 Å². The van der Waals surface area contributed by atoms with Gasteiger partial charge in [-0.2, -0.15) is 4.98 Å². The third-order valence-electron chi connectivity index (χ3n) is 8.36. The van der Waals surface area contributed by atoms with Crippen molar-refractivity contribution in [1.29, 1.82) is 0 Å². The number of anilines is 1. The number of carbonyl (C=O) groups is 1. The summed E-state index contributed by atoms with van der Waals surface area (Å²) in [4.78, 5) is 30.4. The molecule has 1 amide bonds. The molecule has 2 saturated heterocycles. The van der Waals surface area contributed by atoms with Crippen molar-refractivity contribution in [2.45, 2.75) is 57.9 Å².